The first-order valence-corrected chi connectivity index (χ1v) is 26.9. The molecule has 8 amide bonds. The number of phenolic OH excluding ortho intramolecular Hbond substituents is 1. The molecule has 3 aliphatic rings. The summed E-state index contributed by atoms with van der Waals surface area (Å²) in [6.45, 7) is 7.75. The summed E-state index contributed by atoms with van der Waals surface area (Å²) in [5.41, 5.74) is -0.0911. The van der Waals surface area contributed by atoms with Crippen molar-refractivity contribution in [2.45, 2.75) is 210 Å². The molecule has 1 aromatic carbocycles. The number of rotatable bonds is 21. The lowest BCUT2D eigenvalue weighted by Crippen LogP contribution is -2.64. The van der Waals surface area contributed by atoms with Crippen molar-refractivity contribution in [3.63, 3.8) is 0 Å². The zero-order valence-corrected chi connectivity index (χ0v) is 44.8. The molecule has 0 saturated carbocycles. The number of carbonyl (C=O) groups excluding carboxylic acids is 8. The molecule has 25 heteroatoms. The van der Waals surface area contributed by atoms with E-state index in [1.165, 1.54) is 25.5 Å². The molecular formula is C52H84N8O17. The average Bonchev–Trinajstić information content (AvgIpc) is 3.97. The van der Waals surface area contributed by atoms with Crippen molar-refractivity contribution < 1.29 is 84.3 Å². The van der Waals surface area contributed by atoms with Crippen LogP contribution < -0.4 is 31.9 Å². The maximum absolute atomic E-state index is 14.6. The van der Waals surface area contributed by atoms with Crippen LogP contribution in [-0.2, 0) is 38.4 Å². The minimum Gasteiger partial charge on any atom is -0.508 e. The van der Waals surface area contributed by atoms with Crippen molar-refractivity contribution >= 4 is 47.3 Å². The fraction of sp³-hybridized carbons (Fsp3) is 0.731. The van der Waals surface area contributed by atoms with Crippen LogP contribution >= 0.6 is 0 Å². The van der Waals surface area contributed by atoms with Gasteiger partial charge in [0.2, 0.25) is 47.3 Å². The number of unbranched alkanes of at least 4 members (excludes halogenated alkanes) is 5. The highest BCUT2D eigenvalue weighted by Gasteiger charge is 2.49. The molecule has 0 radical (unpaired) electrons. The smallest absolute Gasteiger partial charge is 0.248 e. The SMILES string of the molecule is CCC(C)CC(C)CCCCCCCCC(=O)N[C@H]1C[C@@H](O)[C@@H](O)NC(=O)[C@@H]2[C@@H](O)CCN2C(=O)[C@H]([C@H](O)CCNC(C)=O)NC(=O)[C@H]([C@H](O)[C@@H](O)c2ccc(O)cc2)NC(=O)[C@@H]2C[C@@H](O)CN2C(=O)[C@H]([C@@H](C)O)NC1=O. The van der Waals surface area contributed by atoms with E-state index in [2.05, 4.69) is 52.7 Å². The van der Waals surface area contributed by atoms with Crippen molar-refractivity contribution in [1.29, 1.82) is 0 Å². The number of aliphatic hydroxyl groups is 8. The number of nitrogens with one attached hydrogen (secondary N) is 6. The Morgan fingerprint density at radius 1 is 0.701 bits per heavy atom. The first-order chi connectivity index (χ1) is 36.3. The van der Waals surface area contributed by atoms with Crippen LogP contribution in [0.5, 0.6) is 5.75 Å². The quantitative estimate of drug-likeness (QED) is 0.0558. The molecule has 3 fully saturated rings. The monoisotopic (exact) mass is 1090 g/mol. The normalized spacial score (nSPS) is 28.5. The highest BCUT2D eigenvalue weighted by Crippen LogP contribution is 2.27. The predicted molar refractivity (Wildman–Crippen MR) is 275 cm³/mol. The van der Waals surface area contributed by atoms with Gasteiger partial charge in [0, 0.05) is 45.8 Å². The lowest BCUT2D eigenvalue weighted by Gasteiger charge is -2.34. The summed E-state index contributed by atoms with van der Waals surface area (Å²) in [5, 5.41) is 114. The second-order valence-corrected chi connectivity index (χ2v) is 21.2. The molecule has 25 nitrogen and oxygen atoms in total. The van der Waals surface area contributed by atoms with E-state index in [1.54, 1.807) is 0 Å². The summed E-state index contributed by atoms with van der Waals surface area (Å²) in [5.74, 6) is -7.62. The first kappa shape index (κ1) is 64.0. The van der Waals surface area contributed by atoms with Crippen molar-refractivity contribution in [3.8, 4) is 5.75 Å². The predicted octanol–water partition coefficient (Wildman–Crippen LogP) is -2.69. The van der Waals surface area contributed by atoms with Crippen molar-refractivity contribution in [3.05, 3.63) is 29.8 Å². The highest BCUT2D eigenvalue weighted by atomic mass is 16.3. The van der Waals surface area contributed by atoms with Crippen molar-refractivity contribution in [2.75, 3.05) is 19.6 Å². The van der Waals surface area contributed by atoms with E-state index in [0.717, 1.165) is 67.4 Å². The summed E-state index contributed by atoms with van der Waals surface area (Å²) in [7, 11) is 0. The van der Waals surface area contributed by atoms with Gasteiger partial charge in [0.15, 0.2) is 6.23 Å². The van der Waals surface area contributed by atoms with E-state index in [-0.39, 0.29) is 30.7 Å². The molecule has 77 heavy (non-hydrogen) atoms. The molecule has 3 saturated heterocycles. The van der Waals surface area contributed by atoms with Gasteiger partial charge in [-0.15, -0.1) is 0 Å². The van der Waals surface area contributed by atoms with Crippen LogP contribution in [0, 0.1) is 11.8 Å². The van der Waals surface area contributed by atoms with Crippen LogP contribution in [0.15, 0.2) is 24.3 Å². The van der Waals surface area contributed by atoms with Gasteiger partial charge in [-0.1, -0.05) is 77.8 Å². The van der Waals surface area contributed by atoms with Crippen molar-refractivity contribution in [2.24, 2.45) is 11.8 Å². The highest BCUT2D eigenvalue weighted by molar-refractivity contribution is 5.98. The van der Waals surface area contributed by atoms with Gasteiger partial charge in [0.1, 0.15) is 60.3 Å². The lowest BCUT2D eigenvalue weighted by molar-refractivity contribution is -0.149. The second-order valence-electron chi connectivity index (χ2n) is 21.2. The second kappa shape index (κ2) is 30.6. The zero-order valence-electron chi connectivity index (χ0n) is 44.8. The molecule has 15 N–H and O–H groups in total. The van der Waals surface area contributed by atoms with Gasteiger partial charge in [-0.2, -0.15) is 0 Å². The summed E-state index contributed by atoms with van der Waals surface area (Å²) < 4.78 is 0. The van der Waals surface area contributed by atoms with Crippen LogP contribution in [0.25, 0.3) is 0 Å². The van der Waals surface area contributed by atoms with Gasteiger partial charge in [0.25, 0.3) is 0 Å². The van der Waals surface area contributed by atoms with E-state index >= 15 is 0 Å². The summed E-state index contributed by atoms with van der Waals surface area (Å²) in [6.07, 6.45) is -9.04. The molecular weight excluding hydrogens is 1010 g/mol. The Balaban J connectivity index is 1.70. The number of phenols is 1. The fourth-order valence-corrected chi connectivity index (χ4v) is 10.0. The number of nitrogens with zero attached hydrogens (tertiary/aromatic N) is 2. The Labute approximate surface area is 448 Å². The Hall–Kier alpha value is -5.54. The third-order valence-corrected chi connectivity index (χ3v) is 14.7. The fourth-order valence-electron chi connectivity index (χ4n) is 10.0. The molecule has 2 unspecified atom stereocenters. The Kier molecular flexibility index (Phi) is 25.4. The maximum atomic E-state index is 14.6. The largest absolute Gasteiger partial charge is 0.508 e. The number of hydrogen-bond acceptors (Lipinski definition) is 17. The van der Waals surface area contributed by atoms with Gasteiger partial charge in [-0.05, 0) is 62.1 Å². The molecule has 4 rings (SSSR count). The van der Waals surface area contributed by atoms with Crippen LogP contribution in [-0.4, -0.2) is 202 Å². The molecule has 3 aliphatic heterocycles. The number of amides is 8. The maximum Gasteiger partial charge on any atom is 0.248 e. The summed E-state index contributed by atoms with van der Waals surface area (Å²) in [6, 6.07) is -6.99. The molecule has 3 heterocycles. The Morgan fingerprint density at radius 3 is 1.95 bits per heavy atom. The number of fused-ring (bicyclic) bond motifs is 2. The van der Waals surface area contributed by atoms with Gasteiger partial charge in [-0.3, -0.25) is 38.4 Å². The molecule has 0 spiro atoms. The van der Waals surface area contributed by atoms with Gasteiger partial charge in [-0.25, -0.2) is 0 Å². The lowest BCUT2D eigenvalue weighted by atomic mass is 9.91. The molecule has 0 aliphatic carbocycles. The number of hydrogen-bond donors (Lipinski definition) is 15. The Morgan fingerprint density at radius 2 is 1.31 bits per heavy atom. The van der Waals surface area contributed by atoms with Crippen LogP contribution in [0.2, 0.25) is 0 Å². The summed E-state index contributed by atoms with van der Waals surface area (Å²) in [4.78, 5) is 113. The average molecular weight is 1090 g/mol. The number of aliphatic hydroxyl groups excluding tert-OH is 8. The topological polar surface area (TPSA) is 397 Å². The number of benzene rings is 1. The molecule has 0 aromatic heterocycles. The van der Waals surface area contributed by atoms with E-state index in [4.69, 9.17) is 0 Å². The number of carbonyl (C=O) groups is 8. The first-order valence-electron chi connectivity index (χ1n) is 26.9. The molecule has 16 atom stereocenters. The molecule has 1 aromatic rings. The molecule has 0 bridgehead atoms. The number of aromatic hydroxyl groups is 1. The zero-order chi connectivity index (χ0) is 57.3. The van der Waals surface area contributed by atoms with Gasteiger partial charge >= 0.3 is 0 Å². The minimum atomic E-state index is -2.33. The van der Waals surface area contributed by atoms with E-state index in [9.17, 15) is 84.3 Å². The van der Waals surface area contributed by atoms with Crippen LogP contribution in [0.4, 0.5) is 0 Å². The van der Waals surface area contributed by atoms with Crippen LogP contribution in [0.3, 0.4) is 0 Å². The standard InChI is InChI=1S/C52H84N8O17/c1-6-27(2)23-28(3)13-11-9-7-8-10-12-14-39(68)54-34-25-38(67)48(73)58-50(75)43-37(66)20-22-59(43)52(77)41(36(65)19-21-53-30(5)62)56-49(74)42(45(70)44(69)31-15-17-32(63)18-16-31)57-47(72)35-24-33(64)26-60(35)51(76)40(29(4)61)55-46(34)71/h15-18,27-29,33-38,40-45,48,61,63-67,69-70,73H,6-14,19-26H2,1-5H3,(H,53,62)(H,54,68)(H,55,71)(H,56,74)(H,57,72)(H,58,75)/t27?,28?,29-,33-,34+,35+,36-,37+,38-,40+,41+,42+,43+,44+,45+,48-/m1/s1. The van der Waals surface area contributed by atoms with Gasteiger partial charge in [0.05, 0.1) is 24.4 Å². The van der Waals surface area contributed by atoms with E-state index in [1.807, 2.05) is 0 Å². The van der Waals surface area contributed by atoms with E-state index < -0.39 is 165 Å². The third-order valence-electron chi connectivity index (χ3n) is 14.7. The minimum absolute atomic E-state index is 0.0717. The van der Waals surface area contributed by atoms with E-state index in [0.29, 0.717) is 24.7 Å². The van der Waals surface area contributed by atoms with Crippen LogP contribution in [0.1, 0.15) is 136 Å². The van der Waals surface area contributed by atoms with Crippen molar-refractivity contribution in [1.82, 2.24) is 41.7 Å². The van der Waals surface area contributed by atoms with Gasteiger partial charge < -0.3 is 87.7 Å². The summed E-state index contributed by atoms with van der Waals surface area (Å²) >= 11 is 0. The Bertz CT molecular complexity index is 2140. The molecule has 434 valence electrons. The third kappa shape index (κ3) is 18.8.